The van der Waals surface area contributed by atoms with E-state index in [4.69, 9.17) is 0 Å². The summed E-state index contributed by atoms with van der Waals surface area (Å²) in [6.45, 7) is 6.39. The van der Waals surface area contributed by atoms with E-state index in [2.05, 4.69) is 46.8 Å². The number of H-pyrrole nitrogens is 1. The second-order valence-corrected chi connectivity index (χ2v) is 13.2. The van der Waals surface area contributed by atoms with Crippen molar-refractivity contribution in [2.24, 2.45) is 0 Å². The zero-order valence-electron chi connectivity index (χ0n) is 27.4. The molecule has 0 atom stereocenters. The van der Waals surface area contributed by atoms with Gasteiger partial charge in [-0.3, -0.25) is 4.79 Å². The van der Waals surface area contributed by atoms with Crippen molar-refractivity contribution in [1.29, 1.82) is 0 Å². The minimum absolute atomic E-state index is 0.0422. The van der Waals surface area contributed by atoms with Gasteiger partial charge in [-0.15, -0.1) is 0 Å². The van der Waals surface area contributed by atoms with E-state index >= 15 is 0 Å². The van der Waals surface area contributed by atoms with Crippen LogP contribution in [0.3, 0.4) is 0 Å². The molecular weight excluding hydrogens is 666 g/mol. The summed E-state index contributed by atoms with van der Waals surface area (Å²) in [7, 11) is 0. The molecule has 0 aliphatic heterocycles. The maximum Gasteiger partial charge on any atom is 0.419 e. The number of nitrogens with zero attached hydrogens (tertiary/aromatic N) is 3. The van der Waals surface area contributed by atoms with Gasteiger partial charge in [0.15, 0.2) is 0 Å². The lowest BCUT2D eigenvalue weighted by Gasteiger charge is -2.23. The Balaban J connectivity index is 0.000000182. The van der Waals surface area contributed by atoms with E-state index < -0.39 is 29.0 Å². The van der Waals surface area contributed by atoms with Crippen LogP contribution in [0.2, 0.25) is 0 Å². The van der Waals surface area contributed by atoms with Crippen molar-refractivity contribution in [3.8, 4) is 11.3 Å². The van der Waals surface area contributed by atoms with Crippen LogP contribution in [0.4, 0.5) is 26.3 Å². The highest BCUT2D eigenvalue weighted by atomic mass is 19.4. The third-order valence-corrected chi connectivity index (χ3v) is 8.82. The van der Waals surface area contributed by atoms with Crippen LogP contribution >= 0.6 is 0 Å². The number of rotatable bonds is 1. The lowest BCUT2D eigenvalue weighted by Crippen LogP contribution is -2.13. The van der Waals surface area contributed by atoms with Gasteiger partial charge in [-0.1, -0.05) is 93.6 Å². The summed E-state index contributed by atoms with van der Waals surface area (Å²) in [5.41, 5.74) is -0.316. The SMILES string of the molecule is CC(C)(C)c1cc(-c2ncnc3c(C(F)(F)F)c4ccccc4cc23)cc2ccccc12.O=c1[nH]cnc2c(C(F)(F)F)c3ccccc3cc12. The van der Waals surface area contributed by atoms with Gasteiger partial charge < -0.3 is 4.98 Å². The Bertz CT molecular complexity index is 2690. The van der Waals surface area contributed by atoms with Crippen LogP contribution in [-0.4, -0.2) is 19.9 Å². The highest BCUT2D eigenvalue weighted by Gasteiger charge is 2.37. The van der Waals surface area contributed by atoms with Crippen molar-refractivity contribution in [1.82, 2.24) is 19.9 Å². The second kappa shape index (κ2) is 12.2. The standard InChI is InChI=1S/C27H21F3N2.C13H7F3N2O/c1-26(2,3)22-14-18(12-16-8-4-6-10-19(16)22)24-21-13-17-9-5-7-11-20(17)23(27(28,29)30)25(21)32-15-31-24;14-13(15,16)10-8-4-2-1-3-7(8)5-9-11(10)17-6-18-12(9)19/h4-15H,1-3H3;1-6H,(H,17,18,19). The van der Waals surface area contributed by atoms with Gasteiger partial charge in [0, 0.05) is 10.9 Å². The normalized spacial score (nSPS) is 12.5. The minimum Gasteiger partial charge on any atom is -0.313 e. The Morgan fingerprint density at radius 1 is 0.549 bits per heavy atom. The van der Waals surface area contributed by atoms with Crippen LogP contribution in [0, 0.1) is 0 Å². The fourth-order valence-corrected chi connectivity index (χ4v) is 6.61. The zero-order valence-corrected chi connectivity index (χ0v) is 27.4. The molecule has 0 aliphatic carbocycles. The van der Waals surface area contributed by atoms with E-state index in [1.165, 1.54) is 36.7 Å². The molecule has 0 amide bonds. The smallest absolute Gasteiger partial charge is 0.313 e. The van der Waals surface area contributed by atoms with E-state index in [1.807, 2.05) is 30.3 Å². The van der Waals surface area contributed by atoms with Crippen LogP contribution in [0.15, 0.2) is 115 Å². The van der Waals surface area contributed by atoms with Crippen molar-refractivity contribution in [3.63, 3.8) is 0 Å². The molecule has 0 spiro atoms. The molecule has 0 saturated heterocycles. The summed E-state index contributed by atoms with van der Waals surface area (Å²) in [6.07, 6.45) is -6.90. The summed E-state index contributed by atoms with van der Waals surface area (Å²) in [4.78, 5) is 26.2. The fourth-order valence-electron chi connectivity index (χ4n) is 6.61. The molecule has 0 bridgehead atoms. The van der Waals surface area contributed by atoms with Gasteiger partial charge in [0.2, 0.25) is 0 Å². The minimum atomic E-state index is -4.57. The summed E-state index contributed by atoms with van der Waals surface area (Å²) < 4.78 is 82.1. The molecule has 0 saturated carbocycles. The monoisotopic (exact) mass is 694 g/mol. The maximum absolute atomic E-state index is 14.2. The topological polar surface area (TPSA) is 71.5 Å². The molecule has 256 valence electrons. The van der Waals surface area contributed by atoms with Gasteiger partial charge in [-0.2, -0.15) is 26.3 Å². The highest BCUT2D eigenvalue weighted by molar-refractivity contribution is 6.06. The molecular formula is C40H28F6N4O. The van der Waals surface area contributed by atoms with Gasteiger partial charge in [-0.05, 0) is 67.6 Å². The van der Waals surface area contributed by atoms with Gasteiger partial charge in [-0.25, -0.2) is 15.0 Å². The number of nitrogens with one attached hydrogen (secondary N) is 1. The molecule has 5 nitrogen and oxygen atoms in total. The Morgan fingerprint density at radius 2 is 1.04 bits per heavy atom. The third-order valence-electron chi connectivity index (χ3n) is 8.82. The van der Waals surface area contributed by atoms with Crippen LogP contribution in [-0.2, 0) is 17.8 Å². The maximum atomic E-state index is 14.2. The number of hydrogen-bond donors (Lipinski definition) is 1. The van der Waals surface area contributed by atoms with Crippen molar-refractivity contribution >= 4 is 54.1 Å². The Labute approximate surface area is 286 Å². The number of alkyl halides is 6. The van der Waals surface area contributed by atoms with Gasteiger partial charge >= 0.3 is 12.4 Å². The van der Waals surface area contributed by atoms with Gasteiger partial charge in [0.05, 0.1) is 39.6 Å². The molecule has 0 aliphatic rings. The average Bonchev–Trinajstić information content (AvgIpc) is 3.08. The van der Waals surface area contributed by atoms with Crippen molar-refractivity contribution in [2.75, 3.05) is 0 Å². The molecule has 8 aromatic rings. The van der Waals surface area contributed by atoms with Gasteiger partial charge in [0.25, 0.3) is 5.56 Å². The lowest BCUT2D eigenvalue weighted by atomic mass is 9.82. The Morgan fingerprint density at radius 3 is 1.59 bits per heavy atom. The van der Waals surface area contributed by atoms with E-state index in [0.29, 0.717) is 21.9 Å². The molecule has 11 heteroatoms. The first-order chi connectivity index (χ1) is 24.1. The lowest BCUT2D eigenvalue weighted by molar-refractivity contribution is -0.136. The summed E-state index contributed by atoms with van der Waals surface area (Å²) in [5, 5.41) is 3.55. The molecule has 51 heavy (non-hydrogen) atoms. The van der Waals surface area contributed by atoms with Crippen molar-refractivity contribution in [3.05, 3.63) is 137 Å². The Kier molecular flexibility index (Phi) is 8.04. The first-order valence-corrected chi connectivity index (χ1v) is 15.9. The van der Waals surface area contributed by atoms with E-state index in [1.54, 1.807) is 30.3 Å². The quantitative estimate of drug-likeness (QED) is 0.137. The molecule has 2 aromatic heterocycles. The number of halogens is 6. The van der Waals surface area contributed by atoms with Crippen LogP contribution in [0.25, 0.3) is 65.4 Å². The first kappa shape index (κ1) is 33.6. The summed E-state index contributed by atoms with van der Waals surface area (Å²) >= 11 is 0. The number of fused-ring (bicyclic) bond motifs is 5. The van der Waals surface area contributed by atoms with Crippen LogP contribution in [0.5, 0.6) is 0 Å². The molecule has 8 rings (SSSR count). The predicted molar refractivity (Wildman–Crippen MR) is 189 cm³/mol. The predicted octanol–water partition coefficient (Wildman–Crippen LogP) is 11.0. The number of hydrogen-bond acceptors (Lipinski definition) is 4. The molecule has 0 unspecified atom stereocenters. The number of aromatic nitrogens is 4. The third kappa shape index (κ3) is 6.13. The van der Waals surface area contributed by atoms with Crippen molar-refractivity contribution < 1.29 is 26.3 Å². The number of benzene rings is 6. The van der Waals surface area contributed by atoms with Crippen LogP contribution in [0.1, 0.15) is 37.5 Å². The summed E-state index contributed by atoms with van der Waals surface area (Å²) in [6, 6.07) is 27.9. The zero-order chi connectivity index (χ0) is 36.3. The molecule has 6 aromatic carbocycles. The Hall–Kier alpha value is -5.84. The average molecular weight is 695 g/mol. The molecule has 0 fully saturated rings. The fraction of sp³-hybridized carbons (Fsp3) is 0.150. The van der Waals surface area contributed by atoms with Crippen molar-refractivity contribution in [2.45, 2.75) is 38.5 Å². The van der Waals surface area contributed by atoms with E-state index in [-0.39, 0.29) is 32.6 Å². The highest BCUT2D eigenvalue weighted by Crippen LogP contribution is 2.43. The van der Waals surface area contributed by atoms with E-state index in [9.17, 15) is 31.1 Å². The van der Waals surface area contributed by atoms with Crippen LogP contribution < -0.4 is 5.56 Å². The number of aromatic amines is 1. The van der Waals surface area contributed by atoms with Gasteiger partial charge in [0.1, 0.15) is 6.33 Å². The molecule has 0 radical (unpaired) electrons. The van der Waals surface area contributed by atoms with E-state index in [0.717, 1.165) is 28.2 Å². The first-order valence-electron chi connectivity index (χ1n) is 15.9. The largest absolute Gasteiger partial charge is 0.419 e. The molecule has 2 heterocycles. The molecule has 1 N–H and O–H groups in total. The second-order valence-electron chi connectivity index (χ2n) is 13.2. The summed E-state index contributed by atoms with van der Waals surface area (Å²) in [5.74, 6) is 0.